The van der Waals surface area contributed by atoms with E-state index in [1.807, 2.05) is 24.3 Å². The number of nitrogen functional groups attached to an aromatic ring is 1. The zero-order valence-electron chi connectivity index (χ0n) is 10.1. The maximum atomic E-state index is 14.5. The molecule has 1 saturated carbocycles. The molecule has 1 aliphatic carbocycles. The van der Waals surface area contributed by atoms with Gasteiger partial charge in [-0.2, -0.15) is 0 Å². The molecule has 2 rings (SSSR count). The molecule has 0 unspecified atom stereocenters. The zero-order chi connectivity index (χ0) is 11.8. The van der Waals surface area contributed by atoms with Gasteiger partial charge in [-0.05, 0) is 44.4 Å². The fourth-order valence-corrected chi connectivity index (χ4v) is 3.04. The van der Waals surface area contributed by atoms with Crippen LogP contribution < -0.4 is 5.73 Å². The van der Waals surface area contributed by atoms with Gasteiger partial charge in [0.05, 0.1) is 0 Å². The van der Waals surface area contributed by atoms with Crippen molar-refractivity contribution in [1.29, 1.82) is 0 Å². The van der Waals surface area contributed by atoms with Crippen LogP contribution in [0, 0.1) is 0 Å². The van der Waals surface area contributed by atoms with Crippen molar-refractivity contribution < 1.29 is 4.39 Å². The Bertz CT molecular complexity index is 373. The molecule has 0 bridgehead atoms. The molecule has 0 amide bonds. The van der Waals surface area contributed by atoms with Gasteiger partial charge in [-0.25, -0.2) is 4.39 Å². The summed E-state index contributed by atoms with van der Waals surface area (Å²) in [6.07, 6.45) is 4.09. The molecule has 0 spiro atoms. The molecule has 2 heteroatoms. The van der Waals surface area contributed by atoms with Crippen molar-refractivity contribution in [2.75, 3.05) is 5.73 Å². The maximum absolute atomic E-state index is 14.5. The Morgan fingerprint density at radius 3 is 2.38 bits per heavy atom. The monoisotopic (exact) mass is 221 g/mol. The number of rotatable bonds is 2. The average Bonchev–Trinajstić information content (AvgIpc) is 2.66. The lowest BCUT2D eigenvalue weighted by atomic mass is 9.68. The Hall–Kier alpha value is -1.05. The summed E-state index contributed by atoms with van der Waals surface area (Å²) < 4.78 is 14.5. The van der Waals surface area contributed by atoms with Gasteiger partial charge < -0.3 is 5.73 Å². The van der Waals surface area contributed by atoms with Crippen LogP contribution in [0.25, 0.3) is 0 Å². The first-order chi connectivity index (χ1) is 7.46. The largest absolute Gasteiger partial charge is 0.399 e. The Morgan fingerprint density at radius 2 is 1.88 bits per heavy atom. The van der Waals surface area contributed by atoms with Crippen molar-refractivity contribution in [1.82, 2.24) is 0 Å². The summed E-state index contributed by atoms with van der Waals surface area (Å²) in [5.74, 6) is 0. The Balaban J connectivity index is 2.48. The third-order valence-electron chi connectivity index (χ3n) is 4.03. The third kappa shape index (κ3) is 1.70. The topological polar surface area (TPSA) is 26.0 Å². The van der Waals surface area contributed by atoms with Crippen molar-refractivity contribution in [2.45, 2.75) is 50.6 Å². The number of benzene rings is 1. The van der Waals surface area contributed by atoms with E-state index in [2.05, 4.69) is 0 Å². The van der Waals surface area contributed by atoms with Crippen molar-refractivity contribution in [3.63, 3.8) is 0 Å². The second-order valence-corrected chi connectivity index (χ2v) is 5.39. The summed E-state index contributed by atoms with van der Waals surface area (Å²) in [5.41, 5.74) is 6.09. The molecule has 1 aliphatic rings. The fourth-order valence-electron chi connectivity index (χ4n) is 3.04. The maximum Gasteiger partial charge on any atom is 0.115 e. The van der Waals surface area contributed by atoms with Crippen LogP contribution in [-0.4, -0.2) is 5.67 Å². The predicted molar refractivity (Wildman–Crippen MR) is 66.2 cm³/mol. The van der Waals surface area contributed by atoms with Gasteiger partial charge in [-0.3, -0.25) is 0 Å². The van der Waals surface area contributed by atoms with Gasteiger partial charge >= 0.3 is 0 Å². The van der Waals surface area contributed by atoms with Gasteiger partial charge in [0, 0.05) is 11.1 Å². The Labute approximate surface area is 96.9 Å². The highest BCUT2D eigenvalue weighted by Crippen LogP contribution is 2.50. The highest BCUT2D eigenvalue weighted by molar-refractivity contribution is 5.45. The Morgan fingerprint density at radius 1 is 1.25 bits per heavy atom. The molecule has 1 nitrogen and oxygen atoms in total. The predicted octanol–water partition coefficient (Wildman–Crippen LogP) is 3.83. The van der Waals surface area contributed by atoms with Gasteiger partial charge in [-0.15, -0.1) is 0 Å². The van der Waals surface area contributed by atoms with Crippen LogP contribution in [0.5, 0.6) is 0 Å². The van der Waals surface area contributed by atoms with Gasteiger partial charge in [0.25, 0.3) is 0 Å². The van der Waals surface area contributed by atoms with E-state index < -0.39 is 5.67 Å². The van der Waals surface area contributed by atoms with E-state index in [-0.39, 0.29) is 5.41 Å². The van der Waals surface area contributed by atoms with E-state index in [1.54, 1.807) is 13.8 Å². The standard InChI is InChI=1S/C14H20FN/c1-13(2,15)14(8-3-4-9-14)11-6-5-7-12(16)10-11/h5-7,10H,3-4,8-9,16H2,1-2H3. The van der Waals surface area contributed by atoms with Crippen LogP contribution in [0.15, 0.2) is 24.3 Å². The molecule has 0 radical (unpaired) electrons. The summed E-state index contributed by atoms with van der Waals surface area (Å²) in [7, 11) is 0. The van der Waals surface area contributed by atoms with Crippen LogP contribution >= 0.6 is 0 Å². The zero-order valence-corrected chi connectivity index (χ0v) is 10.1. The number of nitrogens with two attached hydrogens (primary N) is 1. The second kappa shape index (κ2) is 3.76. The number of anilines is 1. The SMILES string of the molecule is CC(C)(F)C1(c2cccc(N)c2)CCCC1. The van der Waals surface area contributed by atoms with Gasteiger partial charge in [0.15, 0.2) is 0 Å². The summed E-state index contributed by atoms with van der Waals surface area (Å²) in [6, 6.07) is 7.74. The highest BCUT2D eigenvalue weighted by Gasteiger charge is 2.48. The van der Waals surface area contributed by atoms with E-state index in [9.17, 15) is 4.39 Å². The van der Waals surface area contributed by atoms with Crippen molar-refractivity contribution in [3.05, 3.63) is 29.8 Å². The van der Waals surface area contributed by atoms with E-state index in [1.165, 1.54) is 0 Å². The van der Waals surface area contributed by atoms with Crippen LogP contribution in [0.1, 0.15) is 45.1 Å². The lowest BCUT2D eigenvalue weighted by Gasteiger charge is -2.39. The normalized spacial score (nSPS) is 19.9. The van der Waals surface area contributed by atoms with Gasteiger partial charge in [0.2, 0.25) is 0 Å². The summed E-state index contributed by atoms with van der Waals surface area (Å²) in [4.78, 5) is 0. The summed E-state index contributed by atoms with van der Waals surface area (Å²) in [5, 5.41) is 0. The minimum absolute atomic E-state index is 0.331. The van der Waals surface area contributed by atoms with E-state index in [0.717, 1.165) is 36.9 Å². The first-order valence-electron chi connectivity index (χ1n) is 6.01. The molecule has 0 heterocycles. The molecule has 16 heavy (non-hydrogen) atoms. The minimum Gasteiger partial charge on any atom is -0.399 e. The van der Waals surface area contributed by atoms with E-state index in [4.69, 9.17) is 5.73 Å². The molecule has 88 valence electrons. The number of alkyl halides is 1. The smallest absolute Gasteiger partial charge is 0.115 e. The average molecular weight is 221 g/mol. The van der Waals surface area contributed by atoms with Crippen molar-refractivity contribution in [2.24, 2.45) is 0 Å². The number of hydrogen-bond acceptors (Lipinski definition) is 1. The highest BCUT2D eigenvalue weighted by atomic mass is 19.1. The molecular formula is C14H20FN. The summed E-state index contributed by atoms with van der Waals surface area (Å²) >= 11 is 0. The molecule has 1 aromatic rings. The lowest BCUT2D eigenvalue weighted by Crippen LogP contribution is -2.41. The molecule has 2 N–H and O–H groups in total. The van der Waals surface area contributed by atoms with Gasteiger partial charge in [-0.1, -0.05) is 25.0 Å². The van der Waals surface area contributed by atoms with Crippen molar-refractivity contribution in [3.8, 4) is 0 Å². The second-order valence-electron chi connectivity index (χ2n) is 5.39. The third-order valence-corrected chi connectivity index (χ3v) is 4.03. The van der Waals surface area contributed by atoms with Crippen LogP contribution in [0.4, 0.5) is 10.1 Å². The quantitative estimate of drug-likeness (QED) is 0.755. The molecule has 1 aromatic carbocycles. The molecule has 1 fully saturated rings. The van der Waals surface area contributed by atoms with Crippen LogP contribution in [0.3, 0.4) is 0 Å². The minimum atomic E-state index is -1.18. The number of halogens is 1. The molecule has 0 aliphatic heterocycles. The molecule has 0 aromatic heterocycles. The number of hydrogen-bond donors (Lipinski definition) is 1. The fraction of sp³-hybridized carbons (Fsp3) is 0.571. The van der Waals surface area contributed by atoms with E-state index >= 15 is 0 Å². The summed E-state index contributed by atoms with van der Waals surface area (Å²) in [6.45, 7) is 3.39. The molecule has 0 saturated heterocycles. The first kappa shape index (κ1) is 11.4. The molecular weight excluding hydrogens is 201 g/mol. The lowest BCUT2D eigenvalue weighted by molar-refractivity contribution is 0.0918. The van der Waals surface area contributed by atoms with Crippen LogP contribution in [-0.2, 0) is 5.41 Å². The van der Waals surface area contributed by atoms with Gasteiger partial charge in [0.1, 0.15) is 5.67 Å². The van der Waals surface area contributed by atoms with E-state index in [0.29, 0.717) is 0 Å². The molecule has 0 atom stereocenters. The first-order valence-corrected chi connectivity index (χ1v) is 6.01. The van der Waals surface area contributed by atoms with Crippen molar-refractivity contribution >= 4 is 5.69 Å². The van der Waals surface area contributed by atoms with Crippen LogP contribution in [0.2, 0.25) is 0 Å². The Kier molecular flexibility index (Phi) is 2.69.